The van der Waals surface area contributed by atoms with Crippen molar-refractivity contribution in [1.82, 2.24) is 9.55 Å². The van der Waals surface area contributed by atoms with Crippen LogP contribution in [0.15, 0.2) is 28.7 Å². The highest BCUT2D eigenvalue weighted by Crippen LogP contribution is 2.22. The van der Waals surface area contributed by atoms with E-state index >= 15 is 0 Å². The molecule has 0 amide bonds. The van der Waals surface area contributed by atoms with Gasteiger partial charge in [0.2, 0.25) is 0 Å². The zero-order valence-electron chi connectivity index (χ0n) is 12.1. The first-order valence-corrected chi connectivity index (χ1v) is 7.63. The maximum Gasteiger partial charge on any atom is 0.360 e. The van der Waals surface area contributed by atoms with E-state index in [9.17, 15) is 4.79 Å². The molecule has 2 N–H and O–H groups in total. The summed E-state index contributed by atoms with van der Waals surface area (Å²) in [6.45, 7) is 4.60. The summed E-state index contributed by atoms with van der Waals surface area (Å²) in [6.07, 6.45) is 0.689. The van der Waals surface area contributed by atoms with E-state index in [4.69, 9.17) is 10.5 Å². The van der Waals surface area contributed by atoms with E-state index in [0.29, 0.717) is 25.4 Å². The van der Waals surface area contributed by atoms with Crippen LogP contribution in [0.2, 0.25) is 0 Å². The molecule has 1 aromatic carbocycles. The van der Waals surface area contributed by atoms with Crippen LogP contribution in [-0.2, 0) is 17.7 Å². The molecule has 5 nitrogen and oxygen atoms in total. The molecule has 1 heterocycles. The highest BCUT2D eigenvalue weighted by molar-refractivity contribution is 9.10. The predicted molar refractivity (Wildman–Crippen MR) is 85.2 cm³/mol. The van der Waals surface area contributed by atoms with Gasteiger partial charge in [-0.2, -0.15) is 0 Å². The van der Waals surface area contributed by atoms with Crippen molar-refractivity contribution in [3.63, 3.8) is 0 Å². The number of esters is 1. The molecule has 0 spiro atoms. The van der Waals surface area contributed by atoms with Crippen LogP contribution in [0.5, 0.6) is 0 Å². The number of benzene rings is 1. The van der Waals surface area contributed by atoms with E-state index in [0.717, 1.165) is 15.9 Å². The van der Waals surface area contributed by atoms with E-state index in [-0.39, 0.29) is 5.69 Å². The van der Waals surface area contributed by atoms with Gasteiger partial charge in [-0.25, -0.2) is 9.78 Å². The summed E-state index contributed by atoms with van der Waals surface area (Å²) in [4.78, 5) is 16.2. The van der Waals surface area contributed by atoms with Gasteiger partial charge in [0.1, 0.15) is 11.6 Å². The summed E-state index contributed by atoms with van der Waals surface area (Å²) in [6, 6.07) is 7.90. The lowest BCUT2D eigenvalue weighted by atomic mass is 10.2. The number of ether oxygens (including phenoxy) is 1. The predicted octanol–water partition coefficient (Wildman–Crippen LogP) is 3.02. The van der Waals surface area contributed by atoms with Crippen molar-refractivity contribution in [2.24, 2.45) is 0 Å². The summed E-state index contributed by atoms with van der Waals surface area (Å²) in [7, 11) is 0. The van der Waals surface area contributed by atoms with Crippen molar-refractivity contribution in [2.75, 3.05) is 12.3 Å². The summed E-state index contributed by atoms with van der Waals surface area (Å²) < 4.78 is 7.84. The number of anilines is 1. The number of imidazole rings is 1. The molecule has 0 radical (unpaired) electrons. The summed E-state index contributed by atoms with van der Waals surface area (Å²) in [5.41, 5.74) is 7.36. The molecule has 0 aliphatic carbocycles. The summed E-state index contributed by atoms with van der Waals surface area (Å²) in [5.74, 6) is 0.642. The third-order valence-corrected chi connectivity index (χ3v) is 3.93. The standard InChI is InChI=1S/C15H18BrN3O2/c1-3-12-18-13(15(20)21-4-2)14(17)19(12)9-10-7-5-6-8-11(10)16/h5-8H,3-4,9,17H2,1-2H3. The van der Waals surface area contributed by atoms with Gasteiger partial charge in [0.15, 0.2) is 5.69 Å². The smallest absolute Gasteiger partial charge is 0.360 e. The number of carbonyl (C=O) groups is 1. The minimum Gasteiger partial charge on any atom is -0.461 e. The molecule has 0 aliphatic rings. The second kappa shape index (κ2) is 6.76. The van der Waals surface area contributed by atoms with Crippen LogP contribution >= 0.6 is 15.9 Å². The number of nitrogen functional groups attached to an aromatic ring is 1. The van der Waals surface area contributed by atoms with E-state index in [1.165, 1.54) is 0 Å². The monoisotopic (exact) mass is 351 g/mol. The van der Waals surface area contributed by atoms with Gasteiger partial charge in [-0.05, 0) is 18.6 Å². The fraction of sp³-hybridized carbons (Fsp3) is 0.333. The minimum absolute atomic E-state index is 0.195. The average Bonchev–Trinajstić information content (AvgIpc) is 2.78. The van der Waals surface area contributed by atoms with Crippen molar-refractivity contribution in [3.05, 3.63) is 45.8 Å². The zero-order chi connectivity index (χ0) is 15.4. The first-order valence-electron chi connectivity index (χ1n) is 6.83. The Balaban J connectivity index is 2.39. The number of aromatic nitrogens is 2. The molecule has 2 rings (SSSR count). The van der Waals surface area contributed by atoms with Crippen LogP contribution in [-0.4, -0.2) is 22.1 Å². The Morgan fingerprint density at radius 1 is 1.38 bits per heavy atom. The maximum atomic E-state index is 11.9. The highest BCUT2D eigenvalue weighted by Gasteiger charge is 2.21. The van der Waals surface area contributed by atoms with Crippen molar-refractivity contribution in [1.29, 1.82) is 0 Å². The Morgan fingerprint density at radius 2 is 2.10 bits per heavy atom. The molecular weight excluding hydrogens is 334 g/mol. The Morgan fingerprint density at radius 3 is 2.71 bits per heavy atom. The lowest BCUT2D eigenvalue weighted by Crippen LogP contribution is -2.11. The first kappa shape index (κ1) is 15.6. The molecule has 2 aromatic rings. The molecule has 1 aromatic heterocycles. The van der Waals surface area contributed by atoms with Crippen molar-refractivity contribution in [3.8, 4) is 0 Å². The normalized spacial score (nSPS) is 10.6. The van der Waals surface area contributed by atoms with Crippen LogP contribution in [0.4, 0.5) is 5.82 Å². The largest absolute Gasteiger partial charge is 0.461 e. The van der Waals surface area contributed by atoms with Gasteiger partial charge in [0.05, 0.1) is 13.2 Å². The summed E-state index contributed by atoms with van der Waals surface area (Å²) >= 11 is 3.52. The number of carbonyl (C=O) groups excluding carboxylic acids is 1. The van der Waals surface area contributed by atoms with Crippen LogP contribution in [0.3, 0.4) is 0 Å². The molecule has 0 saturated heterocycles. The molecular formula is C15H18BrN3O2. The molecule has 6 heteroatoms. The summed E-state index contributed by atoms with van der Waals surface area (Å²) in [5, 5.41) is 0. The van der Waals surface area contributed by atoms with E-state index in [1.807, 2.05) is 35.8 Å². The Bertz CT molecular complexity index is 652. The molecule has 0 saturated carbocycles. The Labute approximate surface area is 132 Å². The lowest BCUT2D eigenvalue weighted by Gasteiger charge is -2.10. The number of aryl methyl sites for hydroxylation is 1. The second-order valence-corrected chi connectivity index (χ2v) is 5.37. The topological polar surface area (TPSA) is 70.1 Å². The third kappa shape index (κ3) is 3.26. The van der Waals surface area contributed by atoms with Gasteiger partial charge in [0, 0.05) is 10.9 Å². The van der Waals surface area contributed by atoms with Gasteiger partial charge in [-0.15, -0.1) is 0 Å². The quantitative estimate of drug-likeness (QED) is 0.840. The molecule has 0 unspecified atom stereocenters. The third-order valence-electron chi connectivity index (χ3n) is 3.16. The fourth-order valence-corrected chi connectivity index (χ4v) is 2.52. The number of hydrogen-bond donors (Lipinski definition) is 1. The fourth-order valence-electron chi connectivity index (χ4n) is 2.11. The van der Waals surface area contributed by atoms with Gasteiger partial charge in [0.25, 0.3) is 0 Å². The number of rotatable bonds is 5. The van der Waals surface area contributed by atoms with E-state index in [2.05, 4.69) is 20.9 Å². The molecule has 112 valence electrons. The molecule has 0 aliphatic heterocycles. The van der Waals surface area contributed by atoms with Gasteiger partial charge >= 0.3 is 5.97 Å². The van der Waals surface area contributed by atoms with Crippen molar-refractivity contribution < 1.29 is 9.53 Å². The van der Waals surface area contributed by atoms with E-state index in [1.54, 1.807) is 6.92 Å². The Kier molecular flexibility index (Phi) is 5.01. The minimum atomic E-state index is -0.476. The van der Waals surface area contributed by atoms with Crippen LogP contribution in [0.25, 0.3) is 0 Å². The second-order valence-electron chi connectivity index (χ2n) is 4.51. The SMILES string of the molecule is CCOC(=O)c1nc(CC)n(Cc2ccccc2Br)c1N. The average molecular weight is 352 g/mol. The van der Waals surface area contributed by atoms with Crippen LogP contribution in [0.1, 0.15) is 35.7 Å². The number of halogens is 1. The lowest BCUT2D eigenvalue weighted by molar-refractivity contribution is 0.0521. The molecule has 0 atom stereocenters. The highest BCUT2D eigenvalue weighted by atomic mass is 79.9. The van der Waals surface area contributed by atoms with Gasteiger partial charge in [-0.3, -0.25) is 0 Å². The maximum absolute atomic E-state index is 11.9. The molecule has 21 heavy (non-hydrogen) atoms. The first-order chi connectivity index (χ1) is 10.1. The zero-order valence-corrected chi connectivity index (χ0v) is 13.7. The van der Waals surface area contributed by atoms with E-state index < -0.39 is 5.97 Å². The van der Waals surface area contributed by atoms with Crippen molar-refractivity contribution in [2.45, 2.75) is 26.8 Å². The molecule has 0 bridgehead atoms. The Hall–Kier alpha value is -1.82. The van der Waals surface area contributed by atoms with Crippen LogP contribution < -0.4 is 5.73 Å². The van der Waals surface area contributed by atoms with Gasteiger partial charge < -0.3 is 15.0 Å². The number of nitrogens with zero attached hydrogens (tertiary/aromatic N) is 2. The van der Waals surface area contributed by atoms with Crippen molar-refractivity contribution >= 4 is 27.7 Å². The molecule has 0 fully saturated rings. The van der Waals surface area contributed by atoms with Gasteiger partial charge in [-0.1, -0.05) is 41.1 Å². The van der Waals surface area contributed by atoms with Crippen LogP contribution in [0, 0.1) is 0 Å². The number of hydrogen-bond acceptors (Lipinski definition) is 4. The number of nitrogens with two attached hydrogens (primary N) is 1.